The molecule has 1 rings (SSSR count). The van der Waals surface area contributed by atoms with Crippen LogP contribution in [-0.2, 0) is 0 Å². The highest BCUT2D eigenvalue weighted by atomic mass is 19.1. The maximum absolute atomic E-state index is 14.0. The Morgan fingerprint density at radius 1 is 1.05 bits per heavy atom. The molecular weight excluding hydrogens is 244 g/mol. The molecule has 1 unspecified atom stereocenters. The number of hydrogen-bond donors (Lipinski definition) is 1. The molecule has 0 bridgehead atoms. The summed E-state index contributed by atoms with van der Waals surface area (Å²) in [5, 5.41) is 3.33. The van der Waals surface area contributed by atoms with E-state index in [1.807, 2.05) is 0 Å². The number of aryl methyl sites for hydroxylation is 1. The van der Waals surface area contributed by atoms with Gasteiger partial charge >= 0.3 is 0 Å². The molecule has 0 amide bonds. The third kappa shape index (κ3) is 4.90. The molecule has 0 aliphatic rings. The van der Waals surface area contributed by atoms with Crippen molar-refractivity contribution in [2.75, 3.05) is 6.54 Å². The summed E-state index contributed by atoms with van der Waals surface area (Å²) < 4.78 is 27.6. The van der Waals surface area contributed by atoms with Gasteiger partial charge in [-0.3, -0.25) is 0 Å². The topological polar surface area (TPSA) is 12.0 Å². The van der Waals surface area contributed by atoms with Gasteiger partial charge in [0.2, 0.25) is 0 Å². The molecule has 0 saturated heterocycles. The van der Waals surface area contributed by atoms with Crippen molar-refractivity contribution in [3.63, 3.8) is 0 Å². The molecule has 1 N–H and O–H groups in total. The molecule has 1 nitrogen and oxygen atoms in total. The molecule has 1 aromatic carbocycles. The van der Waals surface area contributed by atoms with E-state index in [0.29, 0.717) is 11.1 Å². The van der Waals surface area contributed by atoms with Crippen molar-refractivity contribution in [2.45, 2.75) is 58.9 Å². The first-order valence-corrected chi connectivity index (χ1v) is 7.29. The lowest BCUT2D eigenvalue weighted by Crippen LogP contribution is -2.23. The number of hydrogen-bond acceptors (Lipinski definition) is 1. The maximum Gasteiger partial charge on any atom is 0.128 e. The first-order valence-electron chi connectivity index (χ1n) is 7.29. The normalized spacial score (nSPS) is 12.7. The fourth-order valence-electron chi connectivity index (χ4n) is 2.21. The van der Waals surface area contributed by atoms with E-state index in [2.05, 4.69) is 19.2 Å². The lowest BCUT2D eigenvalue weighted by Gasteiger charge is -2.20. The van der Waals surface area contributed by atoms with Crippen LogP contribution >= 0.6 is 0 Å². The van der Waals surface area contributed by atoms with Crippen LogP contribution in [0.25, 0.3) is 0 Å². The summed E-state index contributed by atoms with van der Waals surface area (Å²) in [4.78, 5) is 0. The minimum atomic E-state index is -0.324. The molecule has 0 fully saturated rings. The van der Waals surface area contributed by atoms with E-state index >= 15 is 0 Å². The number of halogens is 2. The molecule has 1 atom stereocenters. The zero-order valence-electron chi connectivity index (χ0n) is 12.2. The van der Waals surface area contributed by atoms with Crippen molar-refractivity contribution in [3.05, 3.63) is 34.9 Å². The van der Waals surface area contributed by atoms with Crippen molar-refractivity contribution < 1.29 is 8.78 Å². The van der Waals surface area contributed by atoms with E-state index in [1.54, 1.807) is 6.92 Å². The van der Waals surface area contributed by atoms with Gasteiger partial charge in [0.05, 0.1) is 0 Å². The van der Waals surface area contributed by atoms with Gasteiger partial charge in [0.15, 0.2) is 0 Å². The van der Waals surface area contributed by atoms with Crippen molar-refractivity contribution in [1.29, 1.82) is 0 Å². The van der Waals surface area contributed by atoms with Crippen molar-refractivity contribution in [3.8, 4) is 0 Å². The summed E-state index contributed by atoms with van der Waals surface area (Å²) in [6.45, 7) is 6.63. The summed E-state index contributed by atoms with van der Waals surface area (Å²) in [5.74, 6) is -0.626. The highest BCUT2D eigenvalue weighted by molar-refractivity contribution is 5.27. The Morgan fingerprint density at radius 3 is 2.42 bits per heavy atom. The predicted octanol–water partition coefficient (Wildman–Crippen LogP) is 4.89. The Morgan fingerprint density at radius 2 is 1.79 bits per heavy atom. The standard InChI is InChI=1S/C16H25F2N/c1-4-6-7-8-16(19-9-5-2)13-11-14(17)12(3)10-15(13)18/h10-11,16,19H,4-9H2,1-3H3. The van der Waals surface area contributed by atoms with Crippen LogP contribution in [0, 0.1) is 18.6 Å². The van der Waals surface area contributed by atoms with Gasteiger partial charge in [-0.2, -0.15) is 0 Å². The Hall–Kier alpha value is -0.960. The Bertz CT molecular complexity index is 391. The van der Waals surface area contributed by atoms with Crippen LogP contribution in [0.1, 0.15) is 63.1 Å². The smallest absolute Gasteiger partial charge is 0.128 e. The number of unbranched alkanes of at least 4 members (excludes halogenated alkanes) is 2. The third-order valence-corrected chi connectivity index (χ3v) is 3.39. The zero-order chi connectivity index (χ0) is 14.3. The minimum absolute atomic E-state index is 0.0819. The monoisotopic (exact) mass is 269 g/mol. The lowest BCUT2D eigenvalue weighted by molar-refractivity contribution is 0.450. The molecule has 3 heteroatoms. The maximum atomic E-state index is 14.0. The van der Waals surface area contributed by atoms with E-state index in [4.69, 9.17) is 0 Å². The largest absolute Gasteiger partial charge is 0.310 e. The molecule has 0 aliphatic carbocycles. The van der Waals surface area contributed by atoms with Gasteiger partial charge in [0.25, 0.3) is 0 Å². The minimum Gasteiger partial charge on any atom is -0.310 e. The first kappa shape index (κ1) is 16.1. The van der Waals surface area contributed by atoms with Crippen molar-refractivity contribution >= 4 is 0 Å². The van der Waals surface area contributed by atoms with E-state index in [-0.39, 0.29) is 17.7 Å². The fraction of sp³-hybridized carbons (Fsp3) is 0.625. The Balaban J connectivity index is 2.85. The van der Waals surface area contributed by atoms with Crippen LogP contribution < -0.4 is 5.32 Å². The van der Waals surface area contributed by atoms with Gasteiger partial charge in [-0.1, -0.05) is 33.1 Å². The van der Waals surface area contributed by atoms with E-state index in [9.17, 15) is 8.78 Å². The average Bonchev–Trinajstić information content (AvgIpc) is 2.38. The zero-order valence-corrected chi connectivity index (χ0v) is 12.2. The second kappa shape index (κ2) is 8.26. The lowest BCUT2D eigenvalue weighted by atomic mass is 9.98. The molecule has 0 radical (unpaired) electrons. The molecular formula is C16H25F2N. The molecule has 0 saturated carbocycles. The number of benzene rings is 1. The van der Waals surface area contributed by atoms with Gasteiger partial charge in [0.1, 0.15) is 11.6 Å². The molecule has 108 valence electrons. The second-order valence-corrected chi connectivity index (χ2v) is 5.13. The summed E-state index contributed by atoms with van der Waals surface area (Å²) in [6.07, 6.45) is 5.13. The first-order chi connectivity index (χ1) is 9.10. The number of rotatable bonds is 8. The summed E-state index contributed by atoms with van der Waals surface area (Å²) >= 11 is 0. The summed E-state index contributed by atoms with van der Waals surface area (Å²) in [7, 11) is 0. The van der Waals surface area contributed by atoms with E-state index in [1.165, 1.54) is 12.1 Å². The Labute approximate surface area is 115 Å². The summed E-state index contributed by atoms with van der Waals surface area (Å²) in [5.41, 5.74) is 0.830. The molecule has 0 heterocycles. The van der Waals surface area contributed by atoms with Crippen LogP contribution in [0.5, 0.6) is 0 Å². The van der Waals surface area contributed by atoms with Crippen LogP contribution in [0.2, 0.25) is 0 Å². The molecule has 0 aliphatic heterocycles. The van der Waals surface area contributed by atoms with Gasteiger partial charge in [-0.15, -0.1) is 0 Å². The number of nitrogens with one attached hydrogen (secondary N) is 1. The van der Waals surface area contributed by atoms with Gasteiger partial charge in [0, 0.05) is 11.6 Å². The molecule has 0 spiro atoms. The fourth-order valence-corrected chi connectivity index (χ4v) is 2.21. The molecule has 19 heavy (non-hydrogen) atoms. The van der Waals surface area contributed by atoms with Gasteiger partial charge < -0.3 is 5.32 Å². The second-order valence-electron chi connectivity index (χ2n) is 5.13. The predicted molar refractivity (Wildman–Crippen MR) is 76.3 cm³/mol. The van der Waals surface area contributed by atoms with Gasteiger partial charge in [-0.25, -0.2) is 8.78 Å². The SMILES string of the molecule is CCCCCC(NCCC)c1cc(F)c(C)cc1F. The van der Waals surface area contributed by atoms with Crippen LogP contribution in [0.4, 0.5) is 8.78 Å². The summed E-state index contributed by atoms with van der Waals surface area (Å²) in [6, 6.07) is 2.57. The van der Waals surface area contributed by atoms with Crippen LogP contribution in [-0.4, -0.2) is 6.54 Å². The third-order valence-electron chi connectivity index (χ3n) is 3.39. The van der Waals surface area contributed by atoms with Crippen LogP contribution in [0.3, 0.4) is 0 Å². The van der Waals surface area contributed by atoms with E-state index in [0.717, 1.165) is 38.6 Å². The molecule has 1 aromatic rings. The van der Waals surface area contributed by atoms with Gasteiger partial charge in [-0.05, 0) is 44.0 Å². The quantitative estimate of drug-likeness (QED) is 0.662. The van der Waals surface area contributed by atoms with Crippen molar-refractivity contribution in [2.24, 2.45) is 0 Å². The Kier molecular flexibility index (Phi) is 7.00. The average molecular weight is 269 g/mol. The molecule has 0 aromatic heterocycles. The van der Waals surface area contributed by atoms with Crippen molar-refractivity contribution in [1.82, 2.24) is 5.32 Å². The van der Waals surface area contributed by atoms with Crippen LogP contribution in [0.15, 0.2) is 12.1 Å². The highest BCUT2D eigenvalue weighted by Gasteiger charge is 2.16. The highest BCUT2D eigenvalue weighted by Crippen LogP contribution is 2.25. The van der Waals surface area contributed by atoms with E-state index < -0.39 is 0 Å².